The molecule has 0 fully saturated rings. The van der Waals surface area contributed by atoms with E-state index in [1.165, 1.54) is 4.90 Å². The lowest BCUT2D eigenvalue weighted by Gasteiger charge is -2.22. The zero-order valence-corrected chi connectivity index (χ0v) is 9.12. The number of carboxylic acids is 1. The summed E-state index contributed by atoms with van der Waals surface area (Å²) in [6.07, 6.45) is 1.76. The first kappa shape index (κ1) is 12.9. The lowest BCUT2D eigenvalue weighted by atomic mass is 10.0. The molecule has 0 spiro atoms. The highest BCUT2D eigenvalue weighted by atomic mass is 16.4. The van der Waals surface area contributed by atoms with Gasteiger partial charge >= 0.3 is 5.97 Å². The van der Waals surface area contributed by atoms with Crippen LogP contribution in [0.4, 0.5) is 0 Å². The molecule has 0 heterocycles. The van der Waals surface area contributed by atoms with Gasteiger partial charge in [-0.15, -0.1) is 0 Å². The Hall–Kier alpha value is -1.06. The van der Waals surface area contributed by atoms with Gasteiger partial charge in [0.05, 0.1) is 0 Å². The number of hydrogen-bond acceptors (Lipinski definition) is 2. The molecule has 1 N–H and O–H groups in total. The Morgan fingerprint density at radius 2 is 1.93 bits per heavy atom. The molecule has 0 saturated carbocycles. The van der Waals surface area contributed by atoms with E-state index >= 15 is 0 Å². The van der Waals surface area contributed by atoms with Crippen LogP contribution in [0.2, 0.25) is 0 Å². The summed E-state index contributed by atoms with van der Waals surface area (Å²) in [5, 5.41) is 8.58. The molecular formula is C10H19NO3. The van der Waals surface area contributed by atoms with Crippen LogP contribution in [-0.2, 0) is 9.59 Å². The molecule has 0 aliphatic carbocycles. The van der Waals surface area contributed by atoms with Crippen molar-refractivity contribution < 1.29 is 14.7 Å². The molecule has 0 aromatic carbocycles. The fourth-order valence-electron chi connectivity index (χ4n) is 1.38. The molecule has 0 bridgehead atoms. The van der Waals surface area contributed by atoms with Gasteiger partial charge < -0.3 is 10.0 Å². The van der Waals surface area contributed by atoms with Crippen LogP contribution in [0.3, 0.4) is 0 Å². The van der Waals surface area contributed by atoms with E-state index in [4.69, 9.17) is 5.11 Å². The fourth-order valence-corrected chi connectivity index (χ4v) is 1.38. The third-order valence-electron chi connectivity index (χ3n) is 2.16. The van der Waals surface area contributed by atoms with Crippen molar-refractivity contribution in [3.63, 3.8) is 0 Å². The number of carbonyl (C=O) groups is 2. The molecule has 0 aromatic rings. The van der Waals surface area contributed by atoms with Crippen molar-refractivity contribution in [3.05, 3.63) is 0 Å². The molecule has 82 valence electrons. The number of hydrogen-bond donors (Lipinski definition) is 1. The summed E-state index contributed by atoms with van der Waals surface area (Å²) in [5.41, 5.74) is 0. The van der Waals surface area contributed by atoms with Gasteiger partial charge in [-0.1, -0.05) is 20.3 Å². The van der Waals surface area contributed by atoms with Gasteiger partial charge in [-0.25, -0.2) is 0 Å². The van der Waals surface area contributed by atoms with Crippen LogP contribution in [0.15, 0.2) is 0 Å². The first-order valence-electron chi connectivity index (χ1n) is 5.03. The smallest absolute Gasteiger partial charge is 0.323 e. The van der Waals surface area contributed by atoms with Crippen molar-refractivity contribution >= 4 is 11.9 Å². The van der Waals surface area contributed by atoms with E-state index in [-0.39, 0.29) is 18.4 Å². The Morgan fingerprint density at radius 3 is 2.29 bits per heavy atom. The first-order valence-corrected chi connectivity index (χ1v) is 5.03. The molecule has 1 atom stereocenters. The van der Waals surface area contributed by atoms with Crippen molar-refractivity contribution in [1.82, 2.24) is 4.90 Å². The molecule has 14 heavy (non-hydrogen) atoms. The second-order valence-electron chi connectivity index (χ2n) is 3.44. The number of aliphatic carboxylic acids is 1. The summed E-state index contributed by atoms with van der Waals surface area (Å²) in [6, 6.07) is 0. The van der Waals surface area contributed by atoms with Gasteiger partial charge in [0, 0.05) is 12.5 Å². The topological polar surface area (TPSA) is 57.6 Å². The van der Waals surface area contributed by atoms with Crippen LogP contribution in [0.5, 0.6) is 0 Å². The molecular weight excluding hydrogens is 182 g/mol. The van der Waals surface area contributed by atoms with Crippen LogP contribution >= 0.6 is 0 Å². The van der Waals surface area contributed by atoms with Crippen LogP contribution in [0, 0.1) is 5.92 Å². The summed E-state index contributed by atoms with van der Waals surface area (Å²) in [5.74, 6) is -1.08. The second-order valence-corrected chi connectivity index (χ2v) is 3.44. The lowest BCUT2D eigenvalue weighted by Crippen LogP contribution is -2.38. The summed E-state index contributed by atoms with van der Waals surface area (Å²) >= 11 is 0. The average molecular weight is 201 g/mol. The Morgan fingerprint density at radius 1 is 1.36 bits per heavy atom. The summed E-state index contributed by atoms with van der Waals surface area (Å²) < 4.78 is 0. The Bertz CT molecular complexity index is 204. The van der Waals surface area contributed by atoms with Gasteiger partial charge in [0.1, 0.15) is 6.54 Å². The van der Waals surface area contributed by atoms with Crippen LogP contribution in [0.25, 0.3) is 0 Å². The molecule has 0 rings (SSSR count). The normalized spacial score (nSPS) is 12.2. The predicted octanol–water partition coefficient (Wildman–Crippen LogP) is 1.36. The summed E-state index contributed by atoms with van der Waals surface area (Å²) in [6.45, 7) is 5.91. The number of nitrogens with zero attached hydrogens (tertiary/aromatic N) is 1. The van der Waals surface area contributed by atoms with Crippen molar-refractivity contribution in [2.24, 2.45) is 5.92 Å². The molecule has 4 heteroatoms. The highest BCUT2D eigenvalue weighted by Gasteiger charge is 2.20. The molecule has 1 amide bonds. The number of likely N-dealkylation sites (N-methyl/N-ethyl adjacent to an activating group) is 1. The van der Waals surface area contributed by atoms with Crippen molar-refractivity contribution in [2.75, 3.05) is 13.1 Å². The van der Waals surface area contributed by atoms with Gasteiger partial charge in [0.25, 0.3) is 0 Å². The molecule has 0 aromatic heterocycles. The van der Waals surface area contributed by atoms with E-state index in [1.54, 1.807) is 6.92 Å². The van der Waals surface area contributed by atoms with Crippen molar-refractivity contribution in [3.8, 4) is 0 Å². The molecule has 1 unspecified atom stereocenters. The van der Waals surface area contributed by atoms with Crippen LogP contribution in [-0.4, -0.2) is 35.0 Å². The highest BCUT2D eigenvalue weighted by Crippen LogP contribution is 2.09. The monoisotopic (exact) mass is 201 g/mol. The maximum absolute atomic E-state index is 11.7. The van der Waals surface area contributed by atoms with Crippen LogP contribution in [0.1, 0.15) is 33.6 Å². The first-order chi connectivity index (χ1) is 6.52. The molecule has 0 saturated heterocycles. The van der Waals surface area contributed by atoms with E-state index in [1.807, 2.05) is 13.8 Å². The van der Waals surface area contributed by atoms with Crippen LogP contribution < -0.4 is 0 Å². The minimum atomic E-state index is -0.955. The number of carbonyl (C=O) groups excluding carboxylic acids is 1. The number of amides is 1. The minimum Gasteiger partial charge on any atom is -0.480 e. The third kappa shape index (κ3) is 4.25. The van der Waals surface area contributed by atoms with Crippen molar-refractivity contribution in [2.45, 2.75) is 33.6 Å². The lowest BCUT2D eigenvalue weighted by molar-refractivity contribution is -0.146. The van der Waals surface area contributed by atoms with E-state index in [9.17, 15) is 9.59 Å². The standard InChI is InChI=1S/C10H19NO3/c1-4-6-8(3)10(14)11(5-2)7-9(12)13/h8H,4-7H2,1-3H3,(H,12,13). The average Bonchev–Trinajstić information content (AvgIpc) is 2.13. The third-order valence-corrected chi connectivity index (χ3v) is 2.16. The molecule has 0 aliphatic rings. The van der Waals surface area contributed by atoms with E-state index in [0.29, 0.717) is 6.54 Å². The molecule has 0 aliphatic heterocycles. The SMILES string of the molecule is CCCC(C)C(=O)N(CC)CC(=O)O. The van der Waals surface area contributed by atoms with Gasteiger partial charge in [0.2, 0.25) is 5.91 Å². The summed E-state index contributed by atoms with van der Waals surface area (Å²) in [4.78, 5) is 23.5. The van der Waals surface area contributed by atoms with E-state index in [2.05, 4.69) is 0 Å². The Balaban J connectivity index is 4.22. The number of rotatable bonds is 6. The highest BCUT2D eigenvalue weighted by molar-refractivity contribution is 5.82. The quantitative estimate of drug-likeness (QED) is 0.705. The molecule has 4 nitrogen and oxygen atoms in total. The zero-order valence-electron chi connectivity index (χ0n) is 9.12. The maximum atomic E-state index is 11.7. The zero-order chi connectivity index (χ0) is 11.1. The maximum Gasteiger partial charge on any atom is 0.323 e. The molecule has 0 radical (unpaired) electrons. The minimum absolute atomic E-state index is 0.0586. The predicted molar refractivity (Wildman–Crippen MR) is 54.0 cm³/mol. The second kappa shape index (κ2) is 6.40. The fraction of sp³-hybridized carbons (Fsp3) is 0.800. The largest absolute Gasteiger partial charge is 0.480 e. The number of carboxylic acid groups (broad SMARTS) is 1. The Kier molecular flexibility index (Phi) is 5.92. The van der Waals surface area contributed by atoms with Crippen molar-refractivity contribution in [1.29, 1.82) is 0 Å². The van der Waals surface area contributed by atoms with E-state index < -0.39 is 5.97 Å². The van der Waals surface area contributed by atoms with Gasteiger partial charge in [-0.2, -0.15) is 0 Å². The van der Waals surface area contributed by atoms with Gasteiger partial charge in [-0.05, 0) is 13.3 Å². The Labute approximate surface area is 84.9 Å². The van der Waals surface area contributed by atoms with Gasteiger partial charge in [0.15, 0.2) is 0 Å². The summed E-state index contributed by atoms with van der Waals surface area (Å²) in [7, 11) is 0. The van der Waals surface area contributed by atoms with E-state index in [0.717, 1.165) is 12.8 Å². The van der Waals surface area contributed by atoms with Gasteiger partial charge in [-0.3, -0.25) is 9.59 Å².